The van der Waals surface area contributed by atoms with Crippen LogP contribution < -0.4 is 11.1 Å². The molecule has 3 N–H and O–H groups in total. The van der Waals surface area contributed by atoms with Gasteiger partial charge < -0.3 is 11.1 Å². The van der Waals surface area contributed by atoms with Gasteiger partial charge >= 0.3 is 0 Å². The van der Waals surface area contributed by atoms with Crippen LogP contribution in [0.4, 0.5) is 0 Å². The topological polar surface area (TPSA) is 55.1 Å². The van der Waals surface area contributed by atoms with Crippen molar-refractivity contribution in [2.45, 2.75) is 36.6 Å². The fraction of sp³-hybridized carbons (Fsp3) is 0.500. The molecule has 0 saturated heterocycles. The summed E-state index contributed by atoms with van der Waals surface area (Å²) in [5.41, 5.74) is 4.81. The summed E-state index contributed by atoms with van der Waals surface area (Å²) in [6, 6.07) is 10.4. The number of amides is 1. The van der Waals surface area contributed by atoms with Crippen LogP contribution in [0.1, 0.15) is 26.2 Å². The number of carbonyl (C=O) groups is 1. The quantitative estimate of drug-likeness (QED) is 0.561. The van der Waals surface area contributed by atoms with Crippen LogP contribution in [-0.2, 0) is 4.79 Å². The molecule has 0 heterocycles. The molecule has 0 aliphatic rings. The molecule has 1 aromatic carbocycles. The van der Waals surface area contributed by atoms with Gasteiger partial charge in [-0.15, -0.1) is 11.8 Å². The Labute approximate surface area is 114 Å². The molecule has 0 saturated carbocycles. The molecule has 3 nitrogen and oxygen atoms in total. The van der Waals surface area contributed by atoms with Gasteiger partial charge in [-0.3, -0.25) is 4.79 Å². The Bertz CT molecular complexity index is 369. The molecule has 0 bridgehead atoms. The molecule has 0 aliphatic heterocycles. The van der Waals surface area contributed by atoms with E-state index in [1.54, 1.807) is 7.05 Å². The van der Waals surface area contributed by atoms with Crippen molar-refractivity contribution in [3.8, 4) is 0 Å². The number of nitrogens with two attached hydrogens (primary N) is 1. The van der Waals surface area contributed by atoms with E-state index in [1.165, 1.54) is 4.90 Å². The number of unbranched alkanes of at least 4 members (excludes halogenated alkanes) is 1. The van der Waals surface area contributed by atoms with Crippen molar-refractivity contribution in [1.82, 2.24) is 5.32 Å². The van der Waals surface area contributed by atoms with Crippen molar-refractivity contribution < 1.29 is 4.79 Å². The fourth-order valence-electron chi connectivity index (χ4n) is 1.66. The number of primary amides is 1. The standard InChI is InChI=1S/C14H22N2OS/c1-14(16-2,13(15)17)10-6-7-11-18-12-8-4-3-5-9-12/h3-5,8-9,16H,6-7,10-11H2,1-2H3,(H2,15,17). The van der Waals surface area contributed by atoms with Gasteiger partial charge in [0.25, 0.3) is 0 Å². The maximum Gasteiger partial charge on any atom is 0.237 e. The maximum atomic E-state index is 11.3. The second kappa shape index (κ2) is 7.44. The predicted molar refractivity (Wildman–Crippen MR) is 77.7 cm³/mol. The van der Waals surface area contributed by atoms with Crippen molar-refractivity contribution in [3.05, 3.63) is 30.3 Å². The summed E-state index contributed by atoms with van der Waals surface area (Å²) in [5.74, 6) is 0.795. The van der Waals surface area contributed by atoms with Crippen molar-refractivity contribution >= 4 is 17.7 Å². The Kier molecular flexibility index (Phi) is 6.22. The smallest absolute Gasteiger partial charge is 0.237 e. The summed E-state index contributed by atoms with van der Waals surface area (Å²) < 4.78 is 0. The number of hydrogen-bond donors (Lipinski definition) is 2. The Morgan fingerprint density at radius 3 is 2.56 bits per heavy atom. The van der Waals surface area contributed by atoms with Gasteiger partial charge in [0.1, 0.15) is 0 Å². The van der Waals surface area contributed by atoms with Gasteiger partial charge in [0.15, 0.2) is 0 Å². The first kappa shape index (κ1) is 15.1. The van der Waals surface area contributed by atoms with Crippen LogP contribution in [0.3, 0.4) is 0 Å². The molecule has 1 aromatic rings. The van der Waals surface area contributed by atoms with Crippen LogP contribution in [0.25, 0.3) is 0 Å². The largest absolute Gasteiger partial charge is 0.368 e. The van der Waals surface area contributed by atoms with E-state index in [2.05, 4.69) is 17.4 Å². The highest BCUT2D eigenvalue weighted by atomic mass is 32.2. The summed E-state index contributed by atoms with van der Waals surface area (Å²) in [4.78, 5) is 12.6. The lowest BCUT2D eigenvalue weighted by atomic mass is 9.94. The highest BCUT2D eigenvalue weighted by Crippen LogP contribution is 2.20. The SMILES string of the molecule is CNC(C)(CCCCSc1ccccc1)C(N)=O. The third kappa shape index (κ3) is 4.70. The maximum absolute atomic E-state index is 11.3. The lowest BCUT2D eigenvalue weighted by molar-refractivity contribution is -0.123. The Morgan fingerprint density at radius 1 is 1.33 bits per heavy atom. The second-order valence-electron chi connectivity index (χ2n) is 4.56. The molecule has 1 amide bonds. The molecular formula is C14H22N2OS. The molecule has 0 aliphatic carbocycles. The van der Waals surface area contributed by atoms with E-state index >= 15 is 0 Å². The zero-order valence-electron chi connectivity index (χ0n) is 11.1. The Hall–Kier alpha value is -1.00. The fourth-order valence-corrected chi connectivity index (χ4v) is 2.59. The first-order valence-corrected chi connectivity index (χ1v) is 7.24. The van der Waals surface area contributed by atoms with Crippen molar-refractivity contribution in [2.24, 2.45) is 5.73 Å². The van der Waals surface area contributed by atoms with Crippen LogP contribution in [0.2, 0.25) is 0 Å². The van der Waals surface area contributed by atoms with E-state index in [1.807, 2.05) is 36.9 Å². The van der Waals surface area contributed by atoms with Gasteiger partial charge in [0.2, 0.25) is 5.91 Å². The van der Waals surface area contributed by atoms with Crippen molar-refractivity contribution in [2.75, 3.05) is 12.8 Å². The molecule has 0 radical (unpaired) electrons. The summed E-state index contributed by atoms with van der Waals surface area (Å²) in [7, 11) is 1.78. The minimum atomic E-state index is -0.572. The van der Waals surface area contributed by atoms with Gasteiger partial charge in [0, 0.05) is 4.90 Å². The molecule has 18 heavy (non-hydrogen) atoms. The average molecular weight is 266 g/mol. The van der Waals surface area contributed by atoms with Gasteiger partial charge in [-0.2, -0.15) is 0 Å². The summed E-state index contributed by atoms with van der Waals surface area (Å²) >= 11 is 1.85. The number of hydrogen-bond acceptors (Lipinski definition) is 3. The zero-order chi connectivity index (χ0) is 13.4. The lowest BCUT2D eigenvalue weighted by Gasteiger charge is -2.25. The van der Waals surface area contributed by atoms with Gasteiger partial charge in [-0.25, -0.2) is 0 Å². The monoisotopic (exact) mass is 266 g/mol. The molecule has 100 valence electrons. The van der Waals surface area contributed by atoms with E-state index in [0.717, 1.165) is 25.0 Å². The highest BCUT2D eigenvalue weighted by molar-refractivity contribution is 7.99. The van der Waals surface area contributed by atoms with Gasteiger partial charge in [0.05, 0.1) is 5.54 Å². The van der Waals surface area contributed by atoms with Crippen LogP contribution in [-0.4, -0.2) is 24.2 Å². The normalized spacial score (nSPS) is 14.1. The predicted octanol–water partition coefficient (Wildman–Crippen LogP) is 2.41. The van der Waals surface area contributed by atoms with E-state index in [4.69, 9.17) is 5.73 Å². The van der Waals surface area contributed by atoms with Gasteiger partial charge in [-0.05, 0) is 44.7 Å². The highest BCUT2D eigenvalue weighted by Gasteiger charge is 2.27. The lowest BCUT2D eigenvalue weighted by Crippen LogP contribution is -2.51. The zero-order valence-corrected chi connectivity index (χ0v) is 11.9. The van der Waals surface area contributed by atoms with Crippen molar-refractivity contribution in [1.29, 1.82) is 0 Å². The van der Waals surface area contributed by atoms with Crippen LogP contribution in [0, 0.1) is 0 Å². The molecular weight excluding hydrogens is 244 g/mol. The molecule has 4 heteroatoms. The number of thioether (sulfide) groups is 1. The van der Waals surface area contributed by atoms with E-state index in [9.17, 15) is 4.79 Å². The molecule has 1 atom stereocenters. The Balaban J connectivity index is 2.21. The molecule has 0 spiro atoms. The molecule has 1 unspecified atom stereocenters. The number of likely N-dealkylation sites (N-methyl/N-ethyl adjacent to an activating group) is 1. The van der Waals surface area contributed by atoms with Gasteiger partial charge in [-0.1, -0.05) is 24.6 Å². The number of rotatable bonds is 8. The van der Waals surface area contributed by atoms with Crippen LogP contribution in [0.5, 0.6) is 0 Å². The molecule has 1 rings (SSSR count). The minimum absolute atomic E-state index is 0.277. The first-order valence-electron chi connectivity index (χ1n) is 6.25. The second-order valence-corrected chi connectivity index (χ2v) is 5.73. The van der Waals surface area contributed by atoms with Crippen LogP contribution >= 0.6 is 11.8 Å². The summed E-state index contributed by atoms with van der Waals surface area (Å²) in [5, 5.41) is 3.01. The third-order valence-electron chi connectivity index (χ3n) is 3.18. The summed E-state index contributed by atoms with van der Waals surface area (Å²) in [6.45, 7) is 1.86. The summed E-state index contributed by atoms with van der Waals surface area (Å²) in [6.07, 6.45) is 2.87. The molecule has 0 aromatic heterocycles. The van der Waals surface area contributed by atoms with Crippen LogP contribution in [0.15, 0.2) is 35.2 Å². The van der Waals surface area contributed by atoms with Crippen molar-refractivity contribution in [3.63, 3.8) is 0 Å². The third-order valence-corrected chi connectivity index (χ3v) is 4.28. The Morgan fingerprint density at radius 2 is 2.00 bits per heavy atom. The molecule has 0 fully saturated rings. The van der Waals surface area contributed by atoms with E-state index < -0.39 is 5.54 Å². The number of nitrogens with one attached hydrogen (secondary N) is 1. The van der Waals surface area contributed by atoms with E-state index in [-0.39, 0.29) is 5.91 Å². The number of benzene rings is 1. The van der Waals surface area contributed by atoms with E-state index in [0.29, 0.717) is 0 Å². The number of carbonyl (C=O) groups excluding carboxylic acids is 1. The average Bonchev–Trinajstić information content (AvgIpc) is 2.39. The first-order chi connectivity index (χ1) is 8.58. The minimum Gasteiger partial charge on any atom is -0.368 e.